The maximum Gasteiger partial charge on any atom is 0.291 e. The van der Waals surface area contributed by atoms with Crippen molar-refractivity contribution in [3.63, 3.8) is 0 Å². The third-order valence-corrected chi connectivity index (χ3v) is 2.70. The van der Waals surface area contributed by atoms with Gasteiger partial charge in [0.2, 0.25) is 5.82 Å². The fourth-order valence-electron chi connectivity index (χ4n) is 1.55. The van der Waals surface area contributed by atoms with Crippen molar-refractivity contribution >= 4 is 5.91 Å². The van der Waals surface area contributed by atoms with Gasteiger partial charge in [-0.05, 0) is 6.92 Å². The van der Waals surface area contributed by atoms with E-state index in [2.05, 4.69) is 30.7 Å². The fourth-order valence-corrected chi connectivity index (χ4v) is 1.55. The van der Waals surface area contributed by atoms with E-state index in [0.29, 0.717) is 18.2 Å². The quantitative estimate of drug-likeness (QED) is 0.816. The summed E-state index contributed by atoms with van der Waals surface area (Å²) in [5, 5.41) is 17.1. The Kier molecular flexibility index (Phi) is 3.88. The Hall–Kier alpha value is -2.25. The molecule has 102 valence electrons. The zero-order chi connectivity index (χ0) is 13.8. The lowest BCUT2D eigenvalue weighted by Crippen LogP contribution is -2.25. The molecule has 8 nitrogen and oxygen atoms in total. The number of aromatic nitrogens is 6. The van der Waals surface area contributed by atoms with Gasteiger partial charge in [0.25, 0.3) is 5.91 Å². The number of hydrogen-bond donors (Lipinski definition) is 2. The first kappa shape index (κ1) is 13.2. The molecule has 0 fully saturated rings. The number of aromatic amines is 1. The van der Waals surface area contributed by atoms with Crippen LogP contribution in [0.5, 0.6) is 0 Å². The first-order valence-electron chi connectivity index (χ1n) is 6.19. The number of carbonyl (C=O) groups excluding carboxylic acids is 1. The molecular formula is C11H17N7O. The largest absolute Gasteiger partial charge is 0.342 e. The van der Waals surface area contributed by atoms with Crippen molar-refractivity contribution in [2.24, 2.45) is 0 Å². The molecule has 8 heteroatoms. The van der Waals surface area contributed by atoms with E-state index in [4.69, 9.17) is 0 Å². The van der Waals surface area contributed by atoms with Crippen LogP contribution >= 0.6 is 0 Å². The fraction of sp³-hybridized carbons (Fsp3) is 0.545. The van der Waals surface area contributed by atoms with Gasteiger partial charge in [-0.15, -0.1) is 15.3 Å². The molecule has 0 aliphatic carbocycles. The maximum absolute atomic E-state index is 11.9. The Morgan fingerprint density at radius 2 is 2.32 bits per heavy atom. The number of hydrogen-bond acceptors (Lipinski definition) is 5. The molecule has 2 aromatic heterocycles. The smallest absolute Gasteiger partial charge is 0.291 e. The summed E-state index contributed by atoms with van der Waals surface area (Å²) in [5.41, 5.74) is 0. The van der Waals surface area contributed by atoms with Crippen LogP contribution in [0.4, 0.5) is 0 Å². The van der Waals surface area contributed by atoms with E-state index >= 15 is 0 Å². The van der Waals surface area contributed by atoms with Crippen LogP contribution in [-0.2, 0) is 13.1 Å². The maximum atomic E-state index is 11.9. The van der Waals surface area contributed by atoms with Crippen LogP contribution in [0.25, 0.3) is 0 Å². The second-order valence-corrected chi connectivity index (χ2v) is 4.41. The molecular weight excluding hydrogens is 246 g/mol. The minimum Gasteiger partial charge on any atom is -0.342 e. The molecule has 0 radical (unpaired) electrons. The second-order valence-electron chi connectivity index (χ2n) is 4.41. The van der Waals surface area contributed by atoms with Crippen molar-refractivity contribution in [2.75, 3.05) is 0 Å². The number of carbonyl (C=O) groups is 1. The van der Waals surface area contributed by atoms with Crippen LogP contribution in [0.3, 0.4) is 0 Å². The van der Waals surface area contributed by atoms with Gasteiger partial charge in [0.1, 0.15) is 12.2 Å². The SMILES string of the molecule is CCn1cnnc1CNC(=O)c1n[nH]c(C(C)C)n1. The standard InChI is InChI=1S/C11H17N7O/c1-4-18-6-13-15-8(18)5-12-11(19)10-14-9(7(2)3)16-17-10/h6-7H,4-5H2,1-3H3,(H,12,19)(H,14,16,17). The van der Waals surface area contributed by atoms with E-state index in [0.717, 1.165) is 6.54 Å². The minimum absolute atomic E-state index is 0.145. The molecule has 0 atom stereocenters. The number of H-pyrrole nitrogens is 1. The highest BCUT2D eigenvalue weighted by atomic mass is 16.2. The first-order chi connectivity index (χ1) is 9.11. The summed E-state index contributed by atoms with van der Waals surface area (Å²) < 4.78 is 1.86. The summed E-state index contributed by atoms with van der Waals surface area (Å²) in [4.78, 5) is 16.0. The molecule has 0 unspecified atom stereocenters. The number of nitrogens with one attached hydrogen (secondary N) is 2. The van der Waals surface area contributed by atoms with Crippen LogP contribution in [0.1, 0.15) is 49.0 Å². The molecule has 0 aliphatic rings. The van der Waals surface area contributed by atoms with Gasteiger partial charge in [-0.1, -0.05) is 13.8 Å². The molecule has 19 heavy (non-hydrogen) atoms. The number of nitrogens with zero attached hydrogens (tertiary/aromatic N) is 5. The monoisotopic (exact) mass is 263 g/mol. The summed E-state index contributed by atoms with van der Waals surface area (Å²) in [5.74, 6) is 1.43. The van der Waals surface area contributed by atoms with E-state index in [1.807, 2.05) is 25.3 Å². The Morgan fingerprint density at radius 1 is 1.53 bits per heavy atom. The topological polar surface area (TPSA) is 101 Å². The lowest BCUT2D eigenvalue weighted by Gasteiger charge is -2.03. The summed E-state index contributed by atoms with van der Waals surface area (Å²) in [6.45, 7) is 7.01. The van der Waals surface area contributed by atoms with Gasteiger partial charge in [0.05, 0.1) is 6.54 Å². The highest BCUT2D eigenvalue weighted by Gasteiger charge is 2.14. The molecule has 2 rings (SSSR count). The second kappa shape index (κ2) is 5.59. The van der Waals surface area contributed by atoms with E-state index < -0.39 is 0 Å². The third-order valence-electron chi connectivity index (χ3n) is 2.70. The van der Waals surface area contributed by atoms with Crippen molar-refractivity contribution in [1.29, 1.82) is 0 Å². The zero-order valence-electron chi connectivity index (χ0n) is 11.2. The summed E-state index contributed by atoms with van der Waals surface area (Å²) in [6.07, 6.45) is 1.63. The molecule has 0 aromatic carbocycles. The molecule has 0 saturated carbocycles. The Bertz CT molecular complexity index is 557. The average molecular weight is 263 g/mol. The van der Waals surface area contributed by atoms with Crippen molar-refractivity contribution in [3.8, 4) is 0 Å². The van der Waals surface area contributed by atoms with Gasteiger partial charge in [0, 0.05) is 12.5 Å². The molecule has 2 aromatic rings. The van der Waals surface area contributed by atoms with Crippen molar-refractivity contribution < 1.29 is 4.79 Å². The average Bonchev–Trinajstić information content (AvgIpc) is 3.04. The first-order valence-corrected chi connectivity index (χ1v) is 6.19. The Balaban J connectivity index is 1.97. The van der Waals surface area contributed by atoms with Gasteiger partial charge in [-0.3, -0.25) is 9.89 Å². The van der Waals surface area contributed by atoms with E-state index in [-0.39, 0.29) is 17.6 Å². The van der Waals surface area contributed by atoms with Crippen LogP contribution in [0.2, 0.25) is 0 Å². The zero-order valence-corrected chi connectivity index (χ0v) is 11.2. The summed E-state index contributed by atoms with van der Waals surface area (Å²) in [6, 6.07) is 0. The van der Waals surface area contributed by atoms with Crippen LogP contribution < -0.4 is 5.32 Å². The van der Waals surface area contributed by atoms with Crippen LogP contribution in [0, 0.1) is 0 Å². The van der Waals surface area contributed by atoms with Crippen molar-refractivity contribution in [2.45, 2.75) is 39.8 Å². The number of rotatable bonds is 5. The molecule has 2 heterocycles. The lowest BCUT2D eigenvalue weighted by atomic mass is 10.2. The van der Waals surface area contributed by atoms with E-state index in [9.17, 15) is 4.79 Å². The van der Waals surface area contributed by atoms with Gasteiger partial charge in [-0.25, -0.2) is 4.98 Å². The van der Waals surface area contributed by atoms with Gasteiger partial charge in [-0.2, -0.15) is 0 Å². The molecule has 0 spiro atoms. The molecule has 1 amide bonds. The van der Waals surface area contributed by atoms with Gasteiger partial charge < -0.3 is 9.88 Å². The summed E-state index contributed by atoms with van der Waals surface area (Å²) in [7, 11) is 0. The molecule has 2 N–H and O–H groups in total. The summed E-state index contributed by atoms with van der Waals surface area (Å²) >= 11 is 0. The molecule has 0 aliphatic heterocycles. The third kappa shape index (κ3) is 2.95. The molecule has 0 bridgehead atoms. The Morgan fingerprint density at radius 3 is 2.95 bits per heavy atom. The molecule has 0 saturated heterocycles. The minimum atomic E-state index is -0.325. The number of aryl methyl sites for hydroxylation is 1. The lowest BCUT2D eigenvalue weighted by molar-refractivity contribution is 0.0939. The normalized spacial score (nSPS) is 10.9. The predicted molar refractivity (Wildman–Crippen MR) is 67.3 cm³/mol. The number of amides is 1. The van der Waals surface area contributed by atoms with Crippen molar-refractivity contribution in [1.82, 2.24) is 35.3 Å². The van der Waals surface area contributed by atoms with E-state index in [1.165, 1.54) is 0 Å². The van der Waals surface area contributed by atoms with E-state index in [1.54, 1.807) is 6.33 Å². The van der Waals surface area contributed by atoms with Gasteiger partial charge >= 0.3 is 0 Å². The van der Waals surface area contributed by atoms with Crippen molar-refractivity contribution in [3.05, 3.63) is 23.8 Å². The predicted octanol–water partition coefficient (Wildman–Crippen LogP) is 0.469. The highest BCUT2D eigenvalue weighted by Crippen LogP contribution is 2.07. The van der Waals surface area contributed by atoms with Crippen LogP contribution in [0.15, 0.2) is 6.33 Å². The Labute approximate surface area is 110 Å². The van der Waals surface area contributed by atoms with Gasteiger partial charge in [0.15, 0.2) is 5.82 Å². The van der Waals surface area contributed by atoms with Crippen LogP contribution in [-0.4, -0.2) is 35.9 Å². The highest BCUT2D eigenvalue weighted by molar-refractivity contribution is 5.90.